The van der Waals surface area contributed by atoms with Crippen molar-refractivity contribution in [1.29, 1.82) is 0 Å². The Morgan fingerprint density at radius 2 is 2.00 bits per heavy atom. The molecule has 0 radical (unpaired) electrons. The van der Waals surface area contributed by atoms with Crippen molar-refractivity contribution in [3.05, 3.63) is 29.3 Å². The van der Waals surface area contributed by atoms with Crippen molar-refractivity contribution in [2.45, 2.75) is 39.7 Å². The van der Waals surface area contributed by atoms with Crippen LogP contribution in [0.4, 0.5) is 5.69 Å². The number of hydrogen-bond donors (Lipinski definition) is 0. The van der Waals surface area contributed by atoms with Crippen LogP contribution in [-0.4, -0.2) is 12.0 Å². The van der Waals surface area contributed by atoms with Crippen molar-refractivity contribution in [2.75, 3.05) is 0 Å². The van der Waals surface area contributed by atoms with Gasteiger partial charge in [-0.2, -0.15) is 4.99 Å². The third kappa shape index (κ3) is 4.15. The first-order chi connectivity index (χ1) is 8.32. The molecular formula is C14H17NO3. The van der Waals surface area contributed by atoms with Gasteiger partial charge in [-0.1, -0.05) is 26.8 Å². The first-order valence-corrected chi connectivity index (χ1v) is 5.68. The van der Waals surface area contributed by atoms with E-state index < -0.39 is 0 Å². The lowest BCUT2D eigenvalue weighted by Crippen LogP contribution is -2.11. The molecule has 0 bridgehead atoms. The Morgan fingerprint density at radius 3 is 2.50 bits per heavy atom. The molecule has 4 heteroatoms. The molecule has 1 aromatic rings. The van der Waals surface area contributed by atoms with Gasteiger partial charge in [0.25, 0.3) is 0 Å². The number of hydrogen-bond acceptors (Lipinski definition) is 4. The standard InChI is InChI=1S/C14H17NO3/c1-10(17)18-8-11-5-12(14(2,3)4)7-13(6-11)15-9-16/h5-7H,8H2,1-4H3. The number of isocyanates is 1. The van der Waals surface area contributed by atoms with Gasteiger partial charge in [0.2, 0.25) is 6.08 Å². The second-order valence-electron chi connectivity index (χ2n) is 5.12. The summed E-state index contributed by atoms with van der Waals surface area (Å²) in [5, 5.41) is 0. The highest BCUT2D eigenvalue weighted by Crippen LogP contribution is 2.28. The molecule has 0 aliphatic carbocycles. The fourth-order valence-electron chi connectivity index (χ4n) is 1.49. The molecule has 1 rings (SSSR count). The van der Waals surface area contributed by atoms with Crippen molar-refractivity contribution in [3.63, 3.8) is 0 Å². The minimum absolute atomic E-state index is 0.0701. The fraction of sp³-hybridized carbons (Fsp3) is 0.429. The number of esters is 1. The molecule has 0 atom stereocenters. The van der Waals surface area contributed by atoms with E-state index in [2.05, 4.69) is 25.8 Å². The van der Waals surface area contributed by atoms with Gasteiger partial charge < -0.3 is 4.74 Å². The zero-order valence-electron chi connectivity index (χ0n) is 11.1. The van der Waals surface area contributed by atoms with Gasteiger partial charge in [0, 0.05) is 6.92 Å². The number of carbonyl (C=O) groups is 1. The monoisotopic (exact) mass is 247 g/mol. The highest BCUT2D eigenvalue weighted by atomic mass is 16.5. The normalized spacial score (nSPS) is 10.7. The van der Waals surface area contributed by atoms with E-state index in [9.17, 15) is 9.59 Å². The summed E-state index contributed by atoms with van der Waals surface area (Å²) < 4.78 is 4.95. The highest BCUT2D eigenvalue weighted by Gasteiger charge is 2.15. The number of nitrogens with zero attached hydrogens (tertiary/aromatic N) is 1. The van der Waals surface area contributed by atoms with Gasteiger partial charge in [0.1, 0.15) is 6.61 Å². The maximum atomic E-state index is 10.8. The van der Waals surface area contributed by atoms with Crippen LogP contribution in [0.15, 0.2) is 23.2 Å². The van der Waals surface area contributed by atoms with E-state index >= 15 is 0 Å². The summed E-state index contributed by atoms with van der Waals surface area (Å²) in [5.41, 5.74) is 2.30. The topological polar surface area (TPSA) is 55.7 Å². The molecule has 18 heavy (non-hydrogen) atoms. The van der Waals surface area contributed by atoms with Crippen molar-refractivity contribution >= 4 is 17.7 Å². The molecule has 0 saturated heterocycles. The predicted octanol–water partition coefficient (Wildman–Crippen LogP) is 3.01. The van der Waals surface area contributed by atoms with Gasteiger partial charge in [0.15, 0.2) is 0 Å². The SMILES string of the molecule is CC(=O)OCc1cc(N=C=O)cc(C(C)(C)C)c1. The maximum Gasteiger partial charge on any atom is 0.302 e. The number of benzene rings is 1. The summed E-state index contributed by atoms with van der Waals surface area (Å²) in [7, 11) is 0. The molecule has 0 spiro atoms. The molecule has 0 aromatic heterocycles. The summed E-state index contributed by atoms with van der Waals surface area (Å²) in [4.78, 5) is 24.8. The first-order valence-electron chi connectivity index (χ1n) is 5.68. The van der Waals surface area contributed by atoms with Crippen LogP contribution >= 0.6 is 0 Å². The highest BCUT2D eigenvalue weighted by molar-refractivity contribution is 5.66. The Balaban J connectivity index is 3.13. The third-order valence-corrected chi connectivity index (χ3v) is 2.46. The average molecular weight is 247 g/mol. The maximum absolute atomic E-state index is 10.8. The second-order valence-corrected chi connectivity index (χ2v) is 5.12. The van der Waals surface area contributed by atoms with Gasteiger partial charge in [-0.25, -0.2) is 4.79 Å². The van der Waals surface area contributed by atoms with Crippen LogP contribution in [0.3, 0.4) is 0 Å². The van der Waals surface area contributed by atoms with Gasteiger partial charge in [-0.15, -0.1) is 0 Å². The first kappa shape index (κ1) is 14.1. The average Bonchev–Trinajstić information content (AvgIpc) is 2.25. The van der Waals surface area contributed by atoms with E-state index in [0.29, 0.717) is 5.69 Å². The molecule has 0 amide bonds. The fourth-order valence-corrected chi connectivity index (χ4v) is 1.49. The summed E-state index contributed by atoms with van der Waals surface area (Å²) in [5.74, 6) is -0.336. The second kappa shape index (κ2) is 5.61. The summed E-state index contributed by atoms with van der Waals surface area (Å²) in [6.45, 7) is 7.73. The smallest absolute Gasteiger partial charge is 0.302 e. The minimum atomic E-state index is -0.336. The van der Waals surface area contributed by atoms with Gasteiger partial charge >= 0.3 is 5.97 Å². The van der Waals surface area contributed by atoms with Crippen LogP contribution in [0.25, 0.3) is 0 Å². The zero-order chi connectivity index (χ0) is 13.8. The molecule has 0 aliphatic rings. The number of carbonyl (C=O) groups excluding carboxylic acids is 2. The van der Waals surface area contributed by atoms with Crippen LogP contribution < -0.4 is 0 Å². The summed E-state index contributed by atoms with van der Waals surface area (Å²) in [6.07, 6.45) is 1.52. The predicted molar refractivity (Wildman–Crippen MR) is 68.4 cm³/mol. The van der Waals surface area contributed by atoms with Crippen LogP contribution in [0.1, 0.15) is 38.8 Å². The zero-order valence-corrected chi connectivity index (χ0v) is 11.1. The molecule has 0 heterocycles. The molecule has 4 nitrogen and oxygen atoms in total. The molecule has 0 fully saturated rings. The number of ether oxygens (including phenoxy) is 1. The van der Waals surface area contributed by atoms with E-state index in [1.54, 1.807) is 6.07 Å². The Labute approximate surface area is 107 Å². The molecular weight excluding hydrogens is 230 g/mol. The minimum Gasteiger partial charge on any atom is -0.461 e. The summed E-state index contributed by atoms with van der Waals surface area (Å²) >= 11 is 0. The Hall–Kier alpha value is -1.93. The third-order valence-electron chi connectivity index (χ3n) is 2.46. The van der Waals surface area contributed by atoms with E-state index in [0.717, 1.165) is 11.1 Å². The lowest BCUT2D eigenvalue weighted by Gasteiger charge is -2.20. The van der Waals surface area contributed by atoms with Gasteiger partial charge in [-0.05, 0) is 28.7 Å². The van der Waals surface area contributed by atoms with E-state index in [1.165, 1.54) is 13.0 Å². The molecule has 0 N–H and O–H groups in total. The van der Waals surface area contributed by atoms with Crippen LogP contribution in [-0.2, 0) is 26.3 Å². The Morgan fingerprint density at radius 1 is 1.33 bits per heavy atom. The molecule has 96 valence electrons. The van der Waals surface area contributed by atoms with Crippen molar-refractivity contribution in [1.82, 2.24) is 0 Å². The van der Waals surface area contributed by atoms with Crippen molar-refractivity contribution in [2.24, 2.45) is 4.99 Å². The molecule has 1 aromatic carbocycles. The quantitative estimate of drug-likeness (QED) is 0.468. The van der Waals surface area contributed by atoms with Crippen LogP contribution in [0.2, 0.25) is 0 Å². The van der Waals surface area contributed by atoms with Crippen molar-refractivity contribution in [3.8, 4) is 0 Å². The Kier molecular flexibility index (Phi) is 4.40. The lowest BCUT2D eigenvalue weighted by molar-refractivity contribution is -0.142. The van der Waals surface area contributed by atoms with E-state index in [1.807, 2.05) is 12.1 Å². The number of aliphatic imine (C=N–C) groups is 1. The van der Waals surface area contributed by atoms with Crippen LogP contribution in [0.5, 0.6) is 0 Å². The van der Waals surface area contributed by atoms with Crippen molar-refractivity contribution < 1.29 is 14.3 Å². The molecule has 0 unspecified atom stereocenters. The van der Waals surface area contributed by atoms with Crippen LogP contribution in [0, 0.1) is 0 Å². The molecule has 0 saturated carbocycles. The largest absolute Gasteiger partial charge is 0.461 e. The van der Waals surface area contributed by atoms with E-state index in [-0.39, 0.29) is 18.0 Å². The van der Waals surface area contributed by atoms with Gasteiger partial charge in [-0.3, -0.25) is 4.79 Å². The van der Waals surface area contributed by atoms with Gasteiger partial charge in [0.05, 0.1) is 5.69 Å². The molecule has 0 aliphatic heterocycles. The Bertz CT molecular complexity index is 494. The lowest BCUT2D eigenvalue weighted by atomic mass is 9.86. The van der Waals surface area contributed by atoms with E-state index in [4.69, 9.17) is 4.74 Å². The number of rotatable bonds is 3. The summed E-state index contributed by atoms with van der Waals surface area (Å²) in [6, 6.07) is 5.50.